The smallest absolute Gasteiger partial charge is 0.377 e. The third-order valence-electron chi connectivity index (χ3n) is 1.66. The lowest BCUT2D eigenvalue weighted by Gasteiger charge is -1.98. The molecule has 0 unspecified atom stereocenters. The van der Waals surface area contributed by atoms with Crippen molar-refractivity contribution in [1.29, 1.82) is 0 Å². The third kappa shape index (κ3) is 6.74. The molecular weight excluding hydrogens is 339 g/mol. The zero-order chi connectivity index (χ0) is 15.9. The number of hydrogen-bond acceptors (Lipinski definition) is 5. The molecule has 1 aromatic carbocycles. The van der Waals surface area contributed by atoms with Crippen molar-refractivity contribution in [3.63, 3.8) is 0 Å². The van der Waals surface area contributed by atoms with Gasteiger partial charge in [0.1, 0.15) is 5.82 Å². The maximum absolute atomic E-state index is 12.9. The fourth-order valence-electron chi connectivity index (χ4n) is 0.991. The summed E-state index contributed by atoms with van der Waals surface area (Å²) in [5, 5.41) is 8.30. The van der Waals surface area contributed by atoms with Crippen LogP contribution in [0.2, 0.25) is 0 Å². The summed E-state index contributed by atoms with van der Waals surface area (Å²) in [7, 11) is 0. The zero-order valence-corrected chi connectivity index (χ0v) is 12.1. The third-order valence-corrected chi connectivity index (χ3v) is 2.15. The molecule has 0 atom stereocenters. The summed E-state index contributed by atoms with van der Waals surface area (Å²) in [4.78, 5) is 40.7. The quantitative estimate of drug-likeness (QED) is 0.379. The molecule has 0 radical (unpaired) electrons. The molecule has 0 aromatic heterocycles. The Bertz CT molecular complexity index is 543. The van der Waals surface area contributed by atoms with Gasteiger partial charge in [-0.05, 0) is 18.2 Å². The minimum absolute atomic E-state index is 0.435. The second kappa shape index (κ2) is 8.16. The largest absolute Gasteiger partial charge is 0.475 e. The molecule has 0 bridgehead atoms. The number of carbonyl (C=O) groups excluding carboxylic acids is 3. The van der Waals surface area contributed by atoms with Crippen LogP contribution in [0.25, 0.3) is 0 Å². The Labute approximate surface area is 121 Å². The zero-order valence-electron chi connectivity index (χ0n) is 10.5. The fraction of sp³-hybridized carbons (Fsp3) is 0.167. The summed E-state index contributed by atoms with van der Waals surface area (Å²) >= 11 is 2.98. The molecule has 0 aliphatic rings. The molecule has 6 nitrogen and oxygen atoms in total. The first-order valence-corrected chi connectivity index (χ1v) is 5.86. The van der Waals surface area contributed by atoms with Crippen LogP contribution in [0.5, 0.6) is 0 Å². The molecule has 8 heteroatoms. The van der Waals surface area contributed by atoms with Gasteiger partial charge in [-0.15, -0.1) is 0 Å². The highest BCUT2D eigenvalue weighted by molar-refractivity contribution is 9.10. The molecule has 1 N–H and O–H groups in total. The summed E-state index contributed by atoms with van der Waals surface area (Å²) in [5.41, 5.74) is -0.435. The van der Waals surface area contributed by atoms with E-state index in [0.717, 1.165) is 12.1 Å². The first-order valence-electron chi connectivity index (χ1n) is 5.06. The average molecular weight is 349 g/mol. The SMILES string of the molecule is CC(=O)OC(C)=O.O=C(O)C(=O)c1ccc(Br)cc1F. The van der Waals surface area contributed by atoms with Crippen molar-refractivity contribution in [2.75, 3.05) is 0 Å². The minimum Gasteiger partial charge on any atom is -0.475 e. The highest BCUT2D eigenvalue weighted by Gasteiger charge is 2.18. The lowest BCUT2D eigenvalue weighted by Crippen LogP contribution is -2.14. The van der Waals surface area contributed by atoms with E-state index in [4.69, 9.17) is 5.11 Å². The van der Waals surface area contributed by atoms with Gasteiger partial charge < -0.3 is 9.84 Å². The van der Waals surface area contributed by atoms with Gasteiger partial charge in [0, 0.05) is 18.3 Å². The Morgan fingerprint density at radius 1 is 1.15 bits per heavy atom. The van der Waals surface area contributed by atoms with Crippen LogP contribution in [0.1, 0.15) is 24.2 Å². The Morgan fingerprint density at radius 2 is 1.65 bits per heavy atom. The van der Waals surface area contributed by atoms with E-state index >= 15 is 0 Å². The molecule has 0 aliphatic heterocycles. The molecule has 0 saturated heterocycles. The van der Waals surface area contributed by atoms with Crippen molar-refractivity contribution in [2.45, 2.75) is 13.8 Å². The van der Waals surface area contributed by atoms with E-state index in [1.807, 2.05) is 0 Å². The topological polar surface area (TPSA) is 97.7 Å². The molecule has 0 saturated carbocycles. The maximum Gasteiger partial charge on any atom is 0.377 e. The van der Waals surface area contributed by atoms with Gasteiger partial charge in [-0.1, -0.05) is 15.9 Å². The van der Waals surface area contributed by atoms with Crippen molar-refractivity contribution < 1.29 is 33.4 Å². The van der Waals surface area contributed by atoms with Crippen LogP contribution >= 0.6 is 15.9 Å². The average Bonchev–Trinajstić information content (AvgIpc) is 2.26. The van der Waals surface area contributed by atoms with E-state index in [-0.39, 0.29) is 0 Å². The first kappa shape index (κ1) is 17.9. The number of carboxylic acid groups (broad SMARTS) is 1. The van der Waals surface area contributed by atoms with Crippen LogP contribution < -0.4 is 0 Å². The number of esters is 2. The molecule has 108 valence electrons. The van der Waals surface area contributed by atoms with Gasteiger partial charge in [0.15, 0.2) is 0 Å². The molecular formula is C12H10BrFO6. The van der Waals surface area contributed by atoms with E-state index in [1.54, 1.807) is 0 Å². The number of halogens is 2. The van der Waals surface area contributed by atoms with Gasteiger partial charge in [-0.2, -0.15) is 0 Å². The summed E-state index contributed by atoms with van der Waals surface area (Å²) in [6.45, 7) is 2.36. The number of rotatable bonds is 2. The molecule has 0 amide bonds. The Balaban J connectivity index is 0.000000441. The van der Waals surface area contributed by atoms with E-state index < -0.39 is 35.1 Å². The standard InChI is InChI=1S/C8H4BrFO3.C4H6O3/c9-4-1-2-5(6(10)3-4)7(11)8(12)13;1-3(5)7-4(2)6/h1-3H,(H,12,13);1-2H3. The monoisotopic (exact) mass is 348 g/mol. The summed E-state index contributed by atoms with van der Waals surface area (Å²) < 4.78 is 17.4. The number of aliphatic carboxylic acids is 1. The lowest BCUT2D eigenvalue weighted by atomic mass is 10.1. The number of ketones is 1. The summed E-state index contributed by atoms with van der Waals surface area (Å²) in [5.74, 6) is -4.88. The minimum atomic E-state index is -1.67. The number of hydrogen-bond donors (Lipinski definition) is 1. The van der Waals surface area contributed by atoms with E-state index in [2.05, 4.69) is 20.7 Å². The normalized spacial score (nSPS) is 9.00. The predicted molar refractivity (Wildman–Crippen MR) is 68.5 cm³/mol. The molecule has 0 heterocycles. The van der Waals surface area contributed by atoms with Crippen molar-refractivity contribution >= 4 is 39.6 Å². The van der Waals surface area contributed by atoms with Crippen LogP contribution in [-0.2, 0) is 19.1 Å². The second-order valence-electron chi connectivity index (χ2n) is 3.34. The van der Waals surface area contributed by atoms with Crippen molar-refractivity contribution in [3.05, 3.63) is 34.1 Å². The molecule has 20 heavy (non-hydrogen) atoms. The number of ether oxygens (including phenoxy) is 1. The second-order valence-corrected chi connectivity index (χ2v) is 4.26. The summed E-state index contributed by atoms with van der Waals surface area (Å²) in [6.07, 6.45) is 0. The maximum atomic E-state index is 12.9. The number of carbonyl (C=O) groups is 4. The molecule has 1 aromatic rings. The number of benzene rings is 1. The molecule has 0 spiro atoms. The van der Waals surface area contributed by atoms with Gasteiger partial charge in [-0.25, -0.2) is 9.18 Å². The van der Waals surface area contributed by atoms with Crippen LogP contribution in [0.3, 0.4) is 0 Å². The van der Waals surface area contributed by atoms with Gasteiger partial charge in [0.2, 0.25) is 0 Å². The lowest BCUT2D eigenvalue weighted by molar-refractivity contribution is -0.156. The van der Waals surface area contributed by atoms with E-state index in [9.17, 15) is 23.6 Å². The predicted octanol–water partition coefficient (Wildman–Crippen LogP) is 1.95. The van der Waals surface area contributed by atoms with Crippen LogP contribution in [-0.4, -0.2) is 28.8 Å². The number of carboxylic acids is 1. The highest BCUT2D eigenvalue weighted by Crippen LogP contribution is 2.15. The Kier molecular flexibility index (Phi) is 7.30. The van der Waals surface area contributed by atoms with Crippen LogP contribution in [0, 0.1) is 5.82 Å². The Morgan fingerprint density at radius 3 is 1.95 bits per heavy atom. The molecule has 0 fully saturated rings. The van der Waals surface area contributed by atoms with Crippen LogP contribution in [0.15, 0.2) is 22.7 Å². The fourth-order valence-corrected chi connectivity index (χ4v) is 1.32. The van der Waals surface area contributed by atoms with Gasteiger partial charge in [-0.3, -0.25) is 14.4 Å². The van der Waals surface area contributed by atoms with Crippen molar-refractivity contribution in [3.8, 4) is 0 Å². The van der Waals surface area contributed by atoms with Gasteiger partial charge >= 0.3 is 17.9 Å². The first-order chi connectivity index (χ1) is 9.15. The number of Topliss-reactive ketones (excluding diaryl/α,β-unsaturated/α-hetero) is 1. The van der Waals surface area contributed by atoms with E-state index in [1.165, 1.54) is 19.9 Å². The van der Waals surface area contributed by atoms with Gasteiger partial charge in [0.25, 0.3) is 5.78 Å². The molecule has 1 rings (SSSR count). The van der Waals surface area contributed by atoms with Crippen molar-refractivity contribution in [2.24, 2.45) is 0 Å². The summed E-state index contributed by atoms with van der Waals surface area (Å²) in [6, 6.07) is 3.56. The van der Waals surface area contributed by atoms with E-state index in [0.29, 0.717) is 4.47 Å². The van der Waals surface area contributed by atoms with Gasteiger partial charge in [0.05, 0.1) is 5.56 Å². The highest BCUT2D eigenvalue weighted by atomic mass is 79.9. The van der Waals surface area contributed by atoms with Crippen LogP contribution in [0.4, 0.5) is 4.39 Å². The molecule has 0 aliphatic carbocycles. The van der Waals surface area contributed by atoms with Crippen molar-refractivity contribution in [1.82, 2.24) is 0 Å². The Hall–Kier alpha value is -2.09.